The Morgan fingerprint density at radius 2 is 1.53 bits per heavy atom. The summed E-state index contributed by atoms with van der Waals surface area (Å²) >= 11 is 0. The highest BCUT2D eigenvalue weighted by atomic mass is 15.1. The summed E-state index contributed by atoms with van der Waals surface area (Å²) in [7, 11) is 2.31. The van der Waals surface area contributed by atoms with Crippen molar-refractivity contribution in [2.24, 2.45) is 0 Å². The number of likely N-dealkylation sites (tertiary alicyclic amines) is 1. The summed E-state index contributed by atoms with van der Waals surface area (Å²) in [6.07, 6.45) is 17.4. The molecule has 0 saturated carbocycles. The molecular formula is C16H33N. The van der Waals surface area contributed by atoms with Crippen LogP contribution in [0.1, 0.15) is 84.0 Å². The van der Waals surface area contributed by atoms with E-state index in [0.29, 0.717) is 0 Å². The molecule has 17 heavy (non-hydrogen) atoms. The van der Waals surface area contributed by atoms with Crippen molar-refractivity contribution in [2.75, 3.05) is 13.6 Å². The highest BCUT2D eigenvalue weighted by molar-refractivity contribution is 4.73. The minimum absolute atomic E-state index is 0.906. The summed E-state index contributed by atoms with van der Waals surface area (Å²) in [5.74, 6) is 0. The van der Waals surface area contributed by atoms with Crippen LogP contribution in [0.25, 0.3) is 0 Å². The van der Waals surface area contributed by atoms with Crippen LogP contribution in [-0.2, 0) is 0 Å². The van der Waals surface area contributed by atoms with E-state index in [0.717, 1.165) is 6.04 Å². The zero-order valence-corrected chi connectivity index (χ0v) is 12.2. The topological polar surface area (TPSA) is 3.24 Å². The first-order valence-electron chi connectivity index (χ1n) is 8.05. The molecule has 1 heterocycles. The summed E-state index contributed by atoms with van der Waals surface area (Å²) in [5.41, 5.74) is 0. The highest BCUT2D eigenvalue weighted by Gasteiger charge is 2.17. The Labute approximate surface area is 109 Å². The molecule has 0 bridgehead atoms. The van der Waals surface area contributed by atoms with E-state index in [1.54, 1.807) is 0 Å². The molecule has 1 aliphatic rings. The third-order valence-electron chi connectivity index (χ3n) is 4.31. The molecule has 0 aromatic carbocycles. The number of hydrogen-bond donors (Lipinski definition) is 0. The van der Waals surface area contributed by atoms with Crippen LogP contribution < -0.4 is 0 Å². The Morgan fingerprint density at radius 3 is 2.18 bits per heavy atom. The van der Waals surface area contributed by atoms with Gasteiger partial charge in [-0.1, -0.05) is 64.7 Å². The minimum atomic E-state index is 0.906. The molecule has 0 aromatic rings. The van der Waals surface area contributed by atoms with Crippen LogP contribution in [-0.4, -0.2) is 24.5 Å². The summed E-state index contributed by atoms with van der Waals surface area (Å²) in [4.78, 5) is 2.59. The largest absolute Gasteiger partial charge is 0.303 e. The molecule has 0 aromatic heterocycles. The number of nitrogens with zero attached hydrogens (tertiary/aromatic N) is 1. The lowest BCUT2D eigenvalue weighted by Crippen LogP contribution is -2.35. The van der Waals surface area contributed by atoms with Gasteiger partial charge in [-0.05, 0) is 32.9 Å². The Hall–Kier alpha value is -0.0400. The van der Waals surface area contributed by atoms with Gasteiger partial charge >= 0.3 is 0 Å². The minimum Gasteiger partial charge on any atom is -0.303 e. The van der Waals surface area contributed by atoms with Gasteiger partial charge in [-0.2, -0.15) is 0 Å². The van der Waals surface area contributed by atoms with Gasteiger partial charge in [0.25, 0.3) is 0 Å². The zero-order chi connectivity index (χ0) is 12.3. The second-order valence-electron chi connectivity index (χ2n) is 5.89. The van der Waals surface area contributed by atoms with Crippen molar-refractivity contribution in [3.8, 4) is 0 Å². The first kappa shape index (κ1) is 15.0. The molecule has 1 saturated heterocycles. The highest BCUT2D eigenvalue weighted by Crippen LogP contribution is 2.20. The summed E-state index contributed by atoms with van der Waals surface area (Å²) in [6.45, 7) is 3.63. The normalized spacial score (nSPS) is 21.9. The van der Waals surface area contributed by atoms with E-state index in [1.165, 1.54) is 83.6 Å². The van der Waals surface area contributed by atoms with E-state index in [4.69, 9.17) is 0 Å². The number of rotatable bonds is 9. The van der Waals surface area contributed by atoms with Crippen molar-refractivity contribution in [3.63, 3.8) is 0 Å². The molecule has 0 amide bonds. The fourth-order valence-electron chi connectivity index (χ4n) is 3.02. The molecule has 1 heteroatoms. The first-order valence-corrected chi connectivity index (χ1v) is 8.05. The average molecular weight is 239 g/mol. The van der Waals surface area contributed by atoms with Crippen molar-refractivity contribution in [3.05, 3.63) is 0 Å². The van der Waals surface area contributed by atoms with E-state index in [-0.39, 0.29) is 0 Å². The molecule has 1 nitrogen and oxygen atoms in total. The fraction of sp³-hybridized carbons (Fsp3) is 1.00. The molecule has 1 atom stereocenters. The second kappa shape index (κ2) is 9.94. The first-order chi connectivity index (χ1) is 8.34. The van der Waals surface area contributed by atoms with Gasteiger partial charge < -0.3 is 4.90 Å². The predicted octanol–water partition coefficient (Wildman–Crippen LogP) is 5.00. The maximum absolute atomic E-state index is 2.59. The molecule has 0 N–H and O–H groups in total. The van der Waals surface area contributed by atoms with E-state index < -0.39 is 0 Å². The molecule has 1 aliphatic heterocycles. The van der Waals surface area contributed by atoms with Crippen molar-refractivity contribution < 1.29 is 0 Å². The van der Waals surface area contributed by atoms with Crippen LogP contribution in [0.4, 0.5) is 0 Å². The van der Waals surface area contributed by atoms with Gasteiger partial charge in [0.2, 0.25) is 0 Å². The predicted molar refractivity (Wildman–Crippen MR) is 77.5 cm³/mol. The van der Waals surface area contributed by atoms with Gasteiger partial charge in [-0.3, -0.25) is 0 Å². The smallest absolute Gasteiger partial charge is 0.00922 e. The van der Waals surface area contributed by atoms with Gasteiger partial charge in [0.05, 0.1) is 0 Å². The Balaban J connectivity index is 1.86. The van der Waals surface area contributed by atoms with Crippen molar-refractivity contribution in [2.45, 2.75) is 90.0 Å². The van der Waals surface area contributed by atoms with E-state index >= 15 is 0 Å². The molecule has 1 unspecified atom stereocenters. The number of piperidine rings is 1. The summed E-state index contributed by atoms with van der Waals surface area (Å²) in [5, 5.41) is 0. The van der Waals surface area contributed by atoms with Gasteiger partial charge in [-0.25, -0.2) is 0 Å². The van der Waals surface area contributed by atoms with Crippen LogP contribution in [0.5, 0.6) is 0 Å². The van der Waals surface area contributed by atoms with Crippen LogP contribution in [0, 0.1) is 0 Å². The average Bonchev–Trinajstić information content (AvgIpc) is 2.35. The molecular weight excluding hydrogens is 206 g/mol. The Bertz CT molecular complexity index is 167. The van der Waals surface area contributed by atoms with E-state index in [2.05, 4.69) is 18.9 Å². The molecule has 0 aliphatic carbocycles. The quantitative estimate of drug-likeness (QED) is 0.512. The van der Waals surface area contributed by atoms with Crippen LogP contribution in [0.2, 0.25) is 0 Å². The number of hydrogen-bond acceptors (Lipinski definition) is 1. The second-order valence-corrected chi connectivity index (χ2v) is 5.89. The number of unbranched alkanes of at least 4 members (excludes halogenated alkanes) is 7. The lowest BCUT2D eigenvalue weighted by atomic mass is 9.97. The zero-order valence-electron chi connectivity index (χ0n) is 12.2. The summed E-state index contributed by atoms with van der Waals surface area (Å²) < 4.78 is 0. The van der Waals surface area contributed by atoms with Gasteiger partial charge in [-0.15, -0.1) is 0 Å². The van der Waals surface area contributed by atoms with Crippen molar-refractivity contribution in [1.29, 1.82) is 0 Å². The lowest BCUT2D eigenvalue weighted by Gasteiger charge is -2.32. The lowest BCUT2D eigenvalue weighted by molar-refractivity contribution is 0.173. The molecule has 0 spiro atoms. The Kier molecular flexibility index (Phi) is 8.78. The maximum Gasteiger partial charge on any atom is 0.00922 e. The summed E-state index contributed by atoms with van der Waals surface area (Å²) in [6, 6.07) is 0.906. The fourth-order valence-corrected chi connectivity index (χ4v) is 3.02. The van der Waals surface area contributed by atoms with Gasteiger partial charge in [0.15, 0.2) is 0 Å². The molecule has 1 fully saturated rings. The van der Waals surface area contributed by atoms with E-state index in [9.17, 15) is 0 Å². The molecule has 0 radical (unpaired) electrons. The van der Waals surface area contributed by atoms with Crippen LogP contribution in [0.15, 0.2) is 0 Å². The SMILES string of the molecule is CCCCCCCCCCC1CCCCN1C. The van der Waals surface area contributed by atoms with Crippen molar-refractivity contribution in [1.82, 2.24) is 4.90 Å². The van der Waals surface area contributed by atoms with Gasteiger partial charge in [0.1, 0.15) is 0 Å². The van der Waals surface area contributed by atoms with Crippen LogP contribution in [0.3, 0.4) is 0 Å². The third-order valence-corrected chi connectivity index (χ3v) is 4.31. The van der Waals surface area contributed by atoms with Crippen molar-refractivity contribution >= 4 is 0 Å². The van der Waals surface area contributed by atoms with Gasteiger partial charge in [0, 0.05) is 6.04 Å². The monoisotopic (exact) mass is 239 g/mol. The maximum atomic E-state index is 2.59. The Morgan fingerprint density at radius 1 is 0.882 bits per heavy atom. The standard InChI is InChI=1S/C16H33N/c1-3-4-5-6-7-8-9-10-13-16-14-11-12-15-17(16)2/h16H,3-15H2,1-2H3. The third kappa shape index (κ3) is 7.08. The van der Waals surface area contributed by atoms with E-state index in [1.807, 2.05) is 0 Å². The molecule has 102 valence electrons. The molecule has 1 rings (SSSR count). The van der Waals surface area contributed by atoms with Crippen LogP contribution >= 0.6 is 0 Å².